The zero-order valence-electron chi connectivity index (χ0n) is 10.6. The summed E-state index contributed by atoms with van der Waals surface area (Å²) < 4.78 is 1.10. The fourth-order valence-corrected chi connectivity index (χ4v) is 2.74. The lowest BCUT2D eigenvalue weighted by atomic mass is 10.1. The van der Waals surface area contributed by atoms with E-state index in [0.29, 0.717) is 12.0 Å². The van der Waals surface area contributed by atoms with Crippen LogP contribution >= 0.6 is 22.6 Å². The molecule has 0 spiro atoms. The fraction of sp³-hybridized carbons (Fsp3) is 0.692. The molecule has 1 saturated carbocycles. The normalized spacial score (nSPS) is 16.7. The molecule has 0 saturated heterocycles. The molecule has 0 amide bonds. The van der Waals surface area contributed by atoms with Crippen LogP contribution < -0.4 is 4.90 Å². The van der Waals surface area contributed by atoms with E-state index < -0.39 is 0 Å². The summed E-state index contributed by atoms with van der Waals surface area (Å²) in [7, 11) is 0. The first-order chi connectivity index (χ1) is 8.16. The van der Waals surface area contributed by atoms with Gasteiger partial charge in [0.15, 0.2) is 0 Å². The molecule has 2 rings (SSSR count). The molecule has 0 aromatic carbocycles. The van der Waals surface area contributed by atoms with E-state index in [2.05, 4.69) is 51.3 Å². The number of halogens is 1. The van der Waals surface area contributed by atoms with Crippen molar-refractivity contribution in [2.75, 3.05) is 11.4 Å². The molecule has 1 aliphatic rings. The Kier molecular flexibility index (Phi) is 4.59. The van der Waals surface area contributed by atoms with Crippen molar-refractivity contribution in [3.63, 3.8) is 0 Å². The standard InChI is InChI=1S/C13H20IN3/c1-10(2)9-17(12-5-3-4-6-12)13-15-7-11(14)8-16-13/h7-8,10,12H,3-6,9H2,1-2H3. The lowest BCUT2D eigenvalue weighted by Gasteiger charge is -2.30. The van der Waals surface area contributed by atoms with E-state index in [1.165, 1.54) is 25.7 Å². The van der Waals surface area contributed by atoms with Gasteiger partial charge in [0.05, 0.1) is 0 Å². The molecule has 0 atom stereocenters. The predicted octanol–water partition coefficient (Wildman–Crippen LogP) is 3.49. The van der Waals surface area contributed by atoms with Crippen LogP contribution in [0.2, 0.25) is 0 Å². The monoisotopic (exact) mass is 345 g/mol. The Morgan fingerprint density at radius 1 is 1.29 bits per heavy atom. The van der Waals surface area contributed by atoms with E-state index in [4.69, 9.17) is 0 Å². The van der Waals surface area contributed by atoms with E-state index in [-0.39, 0.29) is 0 Å². The largest absolute Gasteiger partial charge is 0.338 e. The van der Waals surface area contributed by atoms with Crippen LogP contribution in [0.5, 0.6) is 0 Å². The molecule has 0 aliphatic heterocycles. The number of hydrogen-bond acceptors (Lipinski definition) is 3. The summed E-state index contributed by atoms with van der Waals surface area (Å²) in [5.74, 6) is 1.56. The average Bonchev–Trinajstić information content (AvgIpc) is 2.80. The molecule has 0 bridgehead atoms. The van der Waals surface area contributed by atoms with E-state index in [1.807, 2.05) is 12.4 Å². The van der Waals surface area contributed by atoms with E-state index >= 15 is 0 Å². The number of nitrogens with zero attached hydrogens (tertiary/aromatic N) is 3. The molecule has 1 aliphatic carbocycles. The van der Waals surface area contributed by atoms with Crippen molar-refractivity contribution < 1.29 is 0 Å². The molecule has 0 unspecified atom stereocenters. The third-order valence-corrected chi connectivity index (χ3v) is 3.75. The van der Waals surface area contributed by atoms with Crippen LogP contribution in [0.3, 0.4) is 0 Å². The highest BCUT2D eigenvalue weighted by Gasteiger charge is 2.24. The van der Waals surface area contributed by atoms with Crippen molar-refractivity contribution in [3.05, 3.63) is 16.0 Å². The summed E-state index contributed by atoms with van der Waals surface area (Å²) in [5.41, 5.74) is 0. The number of rotatable bonds is 4. The number of hydrogen-bond donors (Lipinski definition) is 0. The average molecular weight is 345 g/mol. The van der Waals surface area contributed by atoms with Gasteiger partial charge in [-0.15, -0.1) is 0 Å². The van der Waals surface area contributed by atoms with Gasteiger partial charge in [0, 0.05) is 28.6 Å². The van der Waals surface area contributed by atoms with Crippen LogP contribution in [0.4, 0.5) is 5.95 Å². The molecule has 1 heterocycles. The van der Waals surface area contributed by atoms with Crippen LogP contribution in [0.15, 0.2) is 12.4 Å². The highest BCUT2D eigenvalue weighted by molar-refractivity contribution is 14.1. The minimum Gasteiger partial charge on any atom is -0.338 e. The SMILES string of the molecule is CC(C)CN(c1ncc(I)cn1)C1CCCC1. The van der Waals surface area contributed by atoms with Crippen molar-refractivity contribution in [1.82, 2.24) is 9.97 Å². The Morgan fingerprint density at radius 2 is 1.88 bits per heavy atom. The fourth-order valence-electron chi connectivity index (χ4n) is 2.46. The van der Waals surface area contributed by atoms with Gasteiger partial charge in [-0.05, 0) is 41.4 Å². The zero-order valence-corrected chi connectivity index (χ0v) is 12.7. The quantitative estimate of drug-likeness (QED) is 0.783. The minimum absolute atomic E-state index is 0.650. The van der Waals surface area contributed by atoms with Crippen molar-refractivity contribution >= 4 is 28.5 Å². The Hall–Kier alpha value is -0.390. The summed E-state index contributed by atoms with van der Waals surface area (Å²) >= 11 is 2.25. The van der Waals surface area contributed by atoms with Gasteiger partial charge in [0.25, 0.3) is 0 Å². The van der Waals surface area contributed by atoms with Crippen LogP contribution in [0.1, 0.15) is 39.5 Å². The highest BCUT2D eigenvalue weighted by Crippen LogP contribution is 2.27. The third kappa shape index (κ3) is 3.53. The van der Waals surface area contributed by atoms with Crippen LogP contribution in [0, 0.1) is 9.49 Å². The van der Waals surface area contributed by atoms with Crippen molar-refractivity contribution in [2.45, 2.75) is 45.6 Å². The van der Waals surface area contributed by atoms with Gasteiger partial charge in [-0.1, -0.05) is 26.7 Å². The second-order valence-corrected chi connectivity index (χ2v) is 6.43. The minimum atomic E-state index is 0.650. The molecular formula is C13H20IN3. The first-order valence-corrected chi connectivity index (χ1v) is 7.49. The molecule has 1 fully saturated rings. The summed E-state index contributed by atoms with van der Waals surface area (Å²) in [6.07, 6.45) is 9.10. The molecular weight excluding hydrogens is 325 g/mol. The van der Waals surface area contributed by atoms with Crippen molar-refractivity contribution in [3.8, 4) is 0 Å². The van der Waals surface area contributed by atoms with E-state index in [1.54, 1.807) is 0 Å². The maximum absolute atomic E-state index is 4.48. The van der Waals surface area contributed by atoms with E-state index in [9.17, 15) is 0 Å². The van der Waals surface area contributed by atoms with Gasteiger partial charge >= 0.3 is 0 Å². The maximum atomic E-state index is 4.48. The number of anilines is 1. The molecule has 1 aromatic rings. The van der Waals surface area contributed by atoms with Crippen molar-refractivity contribution in [1.29, 1.82) is 0 Å². The Labute approximate surface area is 117 Å². The summed E-state index contributed by atoms with van der Waals surface area (Å²) in [4.78, 5) is 11.4. The topological polar surface area (TPSA) is 29.0 Å². The zero-order chi connectivity index (χ0) is 12.3. The molecule has 0 radical (unpaired) electrons. The van der Waals surface area contributed by atoms with Gasteiger partial charge in [-0.2, -0.15) is 0 Å². The van der Waals surface area contributed by atoms with Crippen LogP contribution in [-0.4, -0.2) is 22.6 Å². The van der Waals surface area contributed by atoms with Crippen LogP contribution in [-0.2, 0) is 0 Å². The summed E-state index contributed by atoms with van der Waals surface area (Å²) in [5, 5.41) is 0. The first kappa shape index (κ1) is 13.1. The molecule has 3 nitrogen and oxygen atoms in total. The molecule has 1 aromatic heterocycles. The molecule has 94 valence electrons. The highest BCUT2D eigenvalue weighted by atomic mass is 127. The molecule has 0 N–H and O–H groups in total. The lowest BCUT2D eigenvalue weighted by Crippen LogP contribution is -2.37. The summed E-state index contributed by atoms with van der Waals surface area (Å²) in [6, 6.07) is 0.650. The Bertz CT molecular complexity index is 344. The smallest absolute Gasteiger partial charge is 0.225 e. The Balaban J connectivity index is 2.16. The van der Waals surface area contributed by atoms with Gasteiger partial charge in [0.1, 0.15) is 0 Å². The van der Waals surface area contributed by atoms with Gasteiger partial charge in [-0.3, -0.25) is 0 Å². The van der Waals surface area contributed by atoms with Crippen LogP contribution in [0.25, 0.3) is 0 Å². The second-order valence-electron chi connectivity index (χ2n) is 5.19. The number of aromatic nitrogens is 2. The Morgan fingerprint density at radius 3 is 2.41 bits per heavy atom. The van der Waals surface area contributed by atoms with Gasteiger partial charge in [-0.25, -0.2) is 9.97 Å². The molecule has 17 heavy (non-hydrogen) atoms. The predicted molar refractivity (Wildman–Crippen MR) is 79.2 cm³/mol. The van der Waals surface area contributed by atoms with Gasteiger partial charge in [0.2, 0.25) is 5.95 Å². The second kappa shape index (κ2) is 5.98. The molecule has 4 heteroatoms. The lowest BCUT2D eigenvalue weighted by molar-refractivity contribution is 0.525. The maximum Gasteiger partial charge on any atom is 0.225 e. The van der Waals surface area contributed by atoms with Gasteiger partial charge < -0.3 is 4.90 Å². The summed E-state index contributed by atoms with van der Waals surface area (Å²) in [6.45, 7) is 5.58. The third-order valence-electron chi connectivity index (χ3n) is 3.19. The van der Waals surface area contributed by atoms with E-state index in [0.717, 1.165) is 16.1 Å². The first-order valence-electron chi connectivity index (χ1n) is 6.41. The van der Waals surface area contributed by atoms with Crippen molar-refractivity contribution in [2.24, 2.45) is 5.92 Å².